The second-order valence-electron chi connectivity index (χ2n) is 8.33. The first-order chi connectivity index (χ1) is 18.2. The summed E-state index contributed by atoms with van der Waals surface area (Å²) in [7, 11) is 3.26. The maximum Gasteiger partial charge on any atom is 0.267 e. The lowest BCUT2D eigenvalue weighted by Gasteiger charge is -2.14. The molecule has 0 amide bonds. The fraction of sp³-hybridized carbons (Fsp3) is 0.0714. The largest absolute Gasteiger partial charge is 0.497 e. The second kappa shape index (κ2) is 9.12. The number of hydrogen-bond donors (Lipinski definition) is 2. The zero-order valence-corrected chi connectivity index (χ0v) is 20.1. The van der Waals surface area contributed by atoms with Gasteiger partial charge in [0.25, 0.3) is 5.56 Å². The number of rotatable bonds is 6. The molecule has 9 heteroatoms. The fourth-order valence-electron chi connectivity index (χ4n) is 4.39. The van der Waals surface area contributed by atoms with Gasteiger partial charge in [0.1, 0.15) is 11.5 Å². The Kier molecular flexibility index (Phi) is 5.49. The zero-order valence-electron chi connectivity index (χ0n) is 20.1. The molecule has 0 saturated carbocycles. The van der Waals surface area contributed by atoms with E-state index in [9.17, 15) is 4.79 Å². The highest BCUT2D eigenvalue weighted by atomic mass is 16.5. The summed E-state index contributed by atoms with van der Waals surface area (Å²) in [6.45, 7) is 0. The van der Waals surface area contributed by atoms with Gasteiger partial charge in [-0.1, -0.05) is 30.3 Å². The molecule has 0 aliphatic rings. The van der Waals surface area contributed by atoms with Crippen LogP contribution >= 0.6 is 0 Å². The number of benzene rings is 3. The van der Waals surface area contributed by atoms with Crippen LogP contribution < -0.4 is 20.3 Å². The summed E-state index contributed by atoms with van der Waals surface area (Å²) >= 11 is 0. The SMILES string of the molecule is COc1ccc(Nc2ncc3c4[nH]ncc4c(=O)n(-c4cccc(-c5ccccc5OC)c4)c3n2)cc1. The lowest BCUT2D eigenvalue weighted by atomic mass is 10.0. The lowest BCUT2D eigenvalue weighted by Crippen LogP contribution is -2.20. The van der Waals surface area contributed by atoms with E-state index in [4.69, 9.17) is 14.5 Å². The number of nitrogens with zero attached hydrogens (tertiary/aromatic N) is 4. The van der Waals surface area contributed by atoms with Crippen molar-refractivity contribution in [1.82, 2.24) is 24.7 Å². The maximum atomic E-state index is 13.7. The van der Waals surface area contributed by atoms with Crippen LogP contribution in [0.15, 0.2) is 90.0 Å². The van der Waals surface area contributed by atoms with Gasteiger partial charge < -0.3 is 14.8 Å². The van der Waals surface area contributed by atoms with Gasteiger partial charge in [0, 0.05) is 17.4 Å². The fourth-order valence-corrected chi connectivity index (χ4v) is 4.39. The Morgan fingerprint density at radius 3 is 2.54 bits per heavy atom. The van der Waals surface area contributed by atoms with E-state index in [-0.39, 0.29) is 5.56 Å². The molecule has 3 heterocycles. The van der Waals surface area contributed by atoms with Crippen LogP contribution in [0.25, 0.3) is 38.8 Å². The van der Waals surface area contributed by atoms with Crippen LogP contribution in [0.1, 0.15) is 0 Å². The van der Waals surface area contributed by atoms with Crippen LogP contribution in [-0.2, 0) is 0 Å². The lowest BCUT2D eigenvalue weighted by molar-refractivity contribution is 0.415. The number of ether oxygens (including phenoxy) is 2. The summed E-state index contributed by atoms with van der Waals surface area (Å²) in [5.74, 6) is 1.84. The normalized spacial score (nSPS) is 11.1. The summed E-state index contributed by atoms with van der Waals surface area (Å²) in [6, 6.07) is 22.9. The van der Waals surface area contributed by atoms with Crippen LogP contribution in [0, 0.1) is 0 Å². The van der Waals surface area contributed by atoms with Gasteiger partial charge in [0.2, 0.25) is 5.95 Å². The van der Waals surface area contributed by atoms with E-state index in [1.807, 2.05) is 72.8 Å². The van der Waals surface area contributed by atoms with E-state index in [2.05, 4.69) is 20.5 Å². The summed E-state index contributed by atoms with van der Waals surface area (Å²) in [6.07, 6.45) is 3.22. The van der Waals surface area contributed by atoms with Crippen LogP contribution in [0.5, 0.6) is 11.5 Å². The molecule has 182 valence electrons. The quantitative estimate of drug-likeness (QED) is 0.335. The van der Waals surface area contributed by atoms with Crippen molar-refractivity contribution in [3.8, 4) is 28.3 Å². The van der Waals surface area contributed by atoms with Crippen molar-refractivity contribution in [3.63, 3.8) is 0 Å². The molecule has 6 rings (SSSR count). The van der Waals surface area contributed by atoms with Gasteiger partial charge in [-0.2, -0.15) is 10.1 Å². The highest BCUT2D eigenvalue weighted by Crippen LogP contribution is 2.31. The Hall–Kier alpha value is -5.18. The molecule has 3 aromatic heterocycles. The summed E-state index contributed by atoms with van der Waals surface area (Å²) in [5, 5.41) is 11.4. The Balaban J connectivity index is 1.54. The molecule has 0 spiro atoms. The Morgan fingerprint density at radius 1 is 0.892 bits per heavy atom. The van der Waals surface area contributed by atoms with E-state index in [1.165, 1.54) is 6.20 Å². The monoisotopic (exact) mass is 490 g/mol. The van der Waals surface area contributed by atoms with E-state index >= 15 is 0 Å². The minimum atomic E-state index is -0.234. The predicted molar refractivity (Wildman–Crippen MR) is 143 cm³/mol. The third-order valence-electron chi connectivity index (χ3n) is 6.19. The first-order valence-electron chi connectivity index (χ1n) is 11.6. The molecule has 37 heavy (non-hydrogen) atoms. The number of anilines is 2. The van der Waals surface area contributed by atoms with Crippen molar-refractivity contribution in [2.75, 3.05) is 19.5 Å². The predicted octanol–water partition coefficient (Wildman–Crippen LogP) is 5.08. The number of H-pyrrole nitrogens is 1. The Bertz CT molecular complexity index is 1810. The van der Waals surface area contributed by atoms with Gasteiger partial charge in [-0.15, -0.1) is 0 Å². The topological polar surface area (TPSA) is 107 Å². The number of methoxy groups -OCH3 is 2. The highest BCUT2D eigenvalue weighted by molar-refractivity contribution is 6.02. The number of hydrogen-bond acceptors (Lipinski definition) is 7. The van der Waals surface area contributed by atoms with Crippen molar-refractivity contribution in [1.29, 1.82) is 0 Å². The maximum absolute atomic E-state index is 13.7. The summed E-state index contributed by atoms with van der Waals surface area (Å²) in [5.41, 5.74) is 4.09. The van der Waals surface area contributed by atoms with Crippen molar-refractivity contribution in [2.24, 2.45) is 0 Å². The van der Waals surface area contributed by atoms with Crippen molar-refractivity contribution >= 4 is 33.6 Å². The van der Waals surface area contributed by atoms with Gasteiger partial charge in [0.05, 0.1) is 42.4 Å². The molecule has 3 aromatic carbocycles. The van der Waals surface area contributed by atoms with E-state index in [0.717, 1.165) is 28.3 Å². The zero-order chi connectivity index (χ0) is 25.4. The number of nitrogens with one attached hydrogen (secondary N) is 2. The number of pyridine rings is 1. The summed E-state index contributed by atoms with van der Waals surface area (Å²) in [4.78, 5) is 22.9. The smallest absolute Gasteiger partial charge is 0.267 e. The molecule has 2 N–H and O–H groups in total. The molecule has 0 unspecified atom stereocenters. The third kappa shape index (κ3) is 3.92. The van der Waals surface area contributed by atoms with Crippen molar-refractivity contribution in [3.05, 3.63) is 95.5 Å². The summed E-state index contributed by atoms with van der Waals surface area (Å²) < 4.78 is 12.4. The first-order valence-corrected chi connectivity index (χ1v) is 11.6. The molecule has 9 nitrogen and oxygen atoms in total. The minimum absolute atomic E-state index is 0.234. The third-order valence-corrected chi connectivity index (χ3v) is 6.19. The van der Waals surface area contributed by atoms with Crippen LogP contribution in [0.3, 0.4) is 0 Å². The molecule has 0 fully saturated rings. The first kappa shape index (κ1) is 22.3. The molecule has 0 radical (unpaired) electrons. The van der Waals surface area contributed by atoms with Gasteiger partial charge >= 0.3 is 0 Å². The average molecular weight is 491 g/mol. The molecule has 0 saturated heterocycles. The minimum Gasteiger partial charge on any atom is -0.497 e. The Labute approximate surface area is 211 Å². The second-order valence-corrected chi connectivity index (χ2v) is 8.33. The van der Waals surface area contributed by atoms with Crippen LogP contribution in [-0.4, -0.2) is 39.0 Å². The van der Waals surface area contributed by atoms with Gasteiger partial charge in [-0.3, -0.25) is 14.5 Å². The standard InChI is InChI=1S/C28H22N6O3/c1-36-20-12-10-18(11-13-20)31-28-29-15-22-25-23(16-30-33-25)27(35)34(26(22)32-28)19-7-5-6-17(14-19)21-8-3-4-9-24(21)37-2/h3-16H,1-2H3,(H,30,33)(H,29,31,32). The average Bonchev–Trinajstić information content (AvgIpc) is 3.44. The molecule has 6 aromatic rings. The number of aromatic amines is 1. The van der Waals surface area contributed by atoms with E-state index in [0.29, 0.717) is 33.6 Å². The van der Waals surface area contributed by atoms with Crippen LogP contribution in [0.2, 0.25) is 0 Å². The van der Waals surface area contributed by atoms with Gasteiger partial charge in [0.15, 0.2) is 5.65 Å². The molecule has 0 bridgehead atoms. The number of para-hydroxylation sites is 1. The molecular formula is C28H22N6O3. The van der Waals surface area contributed by atoms with Crippen LogP contribution in [0.4, 0.5) is 11.6 Å². The Morgan fingerprint density at radius 2 is 1.73 bits per heavy atom. The van der Waals surface area contributed by atoms with E-state index < -0.39 is 0 Å². The molecule has 0 atom stereocenters. The molecule has 0 aliphatic heterocycles. The number of aromatic nitrogens is 5. The number of fused-ring (bicyclic) bond motifs is 3. The highest BCUT2D eigenvalue weighted by Gasteiger charge is 2.17. The molecular weight excluding hydrogens is 468 g/mol. The van der Waals surface area contributed by atoms with Gasteiger partial charge in [-0.25, -0.2) is 4.98 Å². The van der Waals surface area contributed by atoms with E-state index in [1.54, 1.807) is 25.0 Å². The molecule has 0 aliphatic carbocycles. The van der Waals surface area contributed by atoms with Gasteiger partial charge in [-0.05, 0) is 48.0 Å². The van der Waals surface area contributed by atoms with Crippen molar-refractivity contribution < 1.29 is 9.47 Å². The van der Waals surface area contributed by atoms with Crippen molar-refractivity contribution in [2.45, 2.75) is 0 Å².